The number of hydrogen-bond acceptors (Lipinski definition) is 3. The molecule has 0 unspecified atom stereocenters. The summed E-state index contributed by atoms with van der Waals surface area (Å²) in [6.45, 7) is 0. The van der Waals surface area contributed by atoms with Crippen molar-refractivity contribution in [2.75, 3.05) is 10.0 Å². The SMILES string of the molecule is O=C(Nc1ccc(S(=O)(=O)Nc2ccc(F)cc2)cc1)c1ccc(Cl)cc1. The Morgan fingerprint density at radius 1 is 0.815 bits per heavy atom. The molecule has 0 radical (unpaired) electrons. The van der Waals surface area contributed by atoms with Crippen LogP contribution in [0.25, 0.3) is 0 Å². The highest BCUT2D eigenvalue weighted by atomic mass is 35.5. The lowest BCUT2D eigenvalue weighted by molar-refractivity contribution is 0.102. The maximum Gasteiger partial charge on any atom is 0.261 e. The molecule has 5 nitrogen and oxygen atoms in total. The highest BCUT2D eigenvalue weighted by molar-refractivity contribution is 7.92. The van der Waals surface area contributed by atoms with Crippen LogP contribution in [0.4, 0.5) is 15.8 Å². The van der Waals surface area contributed by atoms with E-state index >= 15 is 0 Å². The number of sulfonamides is 1. The fourth-order valence-corrected chi connectivity index (χ4v) is 3.44. The van der Waals surface area contributed by atoms with Crippen LogP contribution in [0, 0.1) is 5.82 Å². The van der Waals surface area contributed by atoms with Crippen LogP contribution in [0.2, 0.25) is 5.02 Å². The first-order valence-electron chi connectivity index (χ1n) is 7.79. The number of carbonyl (C=O) groups excluding carboxylic acids is 1. The number of nitrogens with one attached hydrogen (secondary N) is 2. The van der Waals surface area contributed by atoms with Crippen LogP contribution in [0.1, 0.15) is 10.4 Å². The lowest BCUT2D eigenvalue weighted by Gasteiger charge is -2.09. The fourth-order valence-electron chi connectivity index (χ4n) is 2.25. The van der Waals surface area contributed by atoms with E-state index in [0.29, 0.717) is 16.3 Å². The molecule has 0 bridgehead atoms. The Labute approximate surface area is 160 Å². The van der Waals surface area contributed by atoms with Gasteiger partial charge < -0.3 is 5.32 Å². The van der Waals surface area contributed by atoms with Crippen molar-refractivity contribution in [2.45, 2.75) is 4.90 Å². The first-order valence-corrected chi connectivity index (χ1v) is 9.65. The van der Waals surface area contributed by atoms with Crippen molar-refractivity contribution in [3.05, 3.63) is 89.2 Å². The summed E-state index contributed by atoms with van der Waals surface area (Å²) < 4.78 is 40.0. The summed E-state index contributed by atoms with van der Waals surface area (Å²) in [7, 11) is -3.83. The minimum Gasteiger partial charge on any atom is -0.322 e. The summed E-state index contributed by atoms with van der Waals surface area (Å²) in [6.07, 6.45) is 0. The van der Waals surface area contributed by atoms with E-state index in [4.69, 9.17) is 11.6 Å². The van der Waals surface area contributed by atoms with Gasteiger partial charge in [-0.3, -0.25) is 9.52 Å². The van der Waals surface area contributed by atoms with E-state index in [1.165, 1.54) is 36.4 Å². The minimum atomic E-state index is -3.83. The highest BCUT2D eigenvalue weighted by Gasteiger charge is 2.14. The smallest absolute Gasteiger partial charge is 0.261 e. The lowest BCUT2D eigenvalue weighted by Crippen LogP contribution is -2.14. The summed E-state index contributed by atoms with van der Waals surface area (Å²) in [5.74, 6) is -0.801. The van der Waals surface area contributed by atoms with Crippen LogP contribution in [0.5, 0.6) is 0 Å². The second-order valence-electron chi connectivity index (χ2n) is 5.60. The molecule has 0 saturated heterocycles. The van der Waals surface area contributed by atoms with E-state index in [-0.39, 0.29) is 16.5 Å². The zero-order valence-corrected chi connectivity index (χ0v) is 15.4. The van der Waals surface area contributed by atoms with Gasteiger partial charge in [0.05, 0.1) is 4.90 Å². The van der Waals surface area contributed by atoms with Crippen molar-refractivity contribution in [2.24, 2.45) is 0 Å². The zero-order valence-electron chi connectivity index (χ0n) is 13.8. The lowest BCUT2D eigenvalue weighted by atomic mass is 10.2. The predicted molar refractivity (Wildman–Crippen MR) is 103 cm³/mol. The normalized spacial score (nSPS) is 11.0. The number of benzene rings is 3. The van der Waals surface area contributed by atoms with E-state index in [0.717, 1.165) is 12.1 Å². The van der Waals surface area contributed by atoms with Crippen molar-refractivity contribution < 1.29 is 17.6 Å². The summed E-state index contributed by atoms with van der Waals surface area (Å²) in [4.78, 5) is 12.2. The van der Waals surface area contributed by atoms with E-state index in [9.17, 15) is 17.6 Å². The largest absolute Gasteiger partial charge is 0.322 e. The van der Waals surface area contributed by atoms with E-state index < -0.39 is 15.8 Å². The number of amides is 1. The van der Waals surface area contributed by atoms with Crippen molar-refractivity contribution in [1.29, 1.82) is 0 Å². The molecule has 0 aromatic heterocycles. The van der Waals surface area contributed by atoms with Crippen LogP contribution in [0.15, 0.2) is 77.7 Å². The molecule has 0 atom stereocenters. The van der Waals surface area contributed by atoms with E-state index in [2.05, 4.69) is 10.0 Å². The Bertz CT molecular complexity index is 1050. The molecule has 2 N–H and O–H groups in total. The molecule has 0 saturated carbocycles. The molecule has 3 rings (SSSR count). The molecular formula is C19H14ClFN2O3S. The molecule has 0 fully saturated rings. The first kappa shape index (κ1) is 18.9. The van der Waals surface area contributed by atoms with Crippen molar-refractivity contribution in [1.82, 2.24) is 0 Å². The van der Waals surface area contributed by atoms with Crippen molar-refractivity contribution in [3.8, 4) is 0 Å². The molecular weight excluding hydrogens is 391 g/mol. The Hall–Kier alpha value is -2.90. The Balaban J connectivity index is 1.71. The standard InChI is InChI=1S/C19H14ClFN2O3S/c20-14-3-1-13(2-4-14)19(24)22-16-9-11-18(12-10-16)27(25,26)23-17-7-5-15(21)6-8-17/h1-12,23H,(H,22,24). The highest BCUT2D eigenvalue weighted by Crippen LogP contribution is 2.19. The van der Waals surface area contributed by atoms with Gasteiger partial charge in [0.15, 0.2) is 0 Å². The third-order valence-electron chi connectivity index (χ3n) is 3.63. The van der Waals surface area contributed by atoms with Crippen LogP contribution in [-0.4, -0.2) is 14.3 Å². The quantitative estimate of drug-likeness (QED) is 0.655. The molecule has 0 aliphatic heterocycles. The van der Waals surface area contributed by atoms with Gasteiger partial charge in [-0.05, 0) is 72.8 Å². The summed E-state index contributed by atoms with van der Waals surface area (Å²) in [5.41, 5.74) is 1.11. The van der Waals surface area contributed by atoms with Gasteiger partial charge in [0.2, 0.25) is 0 Å². The molecule has 0 aliphatic rings. The van der Waals surface area contributed by atoms with Gasteiger partial charge in [0.25, 0.3) is 15.9 Å². The Kier molecular flexibility index (Phi) is 5.43. The van der Waals surface area contributed by atoms with Crippen LogP contribution < -0.4 is 10.0 Å². The molecule has 0 heterocycles. The maximum atomic E-state index is 12.9. The number of hydrogen-bond donors (Lipinski definition) is 2. The van der Waals surface area contributed by atoms with Gasteiger partial charge in [-0.2, -0.15) is 0 Å². The molecule has 3 aromatic carbocycles. The van der Waals surface area contributed by atoms with Crippen LogP contribution in [0.3, 0.4) is 0 Å². The minimum absolute atomic E-state index is 0.0105. The van der Waals surface area contributed by atoms with Crippen LogP contribution >= 0.6 is 11.6 Å². The van der Waals surface area contributed by atoms with Gasteiger partial charge in [-0.25, -0.2) is 12.8 Å². The number of carbonyl (C=O) groups is 1. The van der Waals surface area contributed by atoms with E-state index in [1.54, 1.807) is 24.3 Å². The van der Waals surface area contributed by atoms with Crippen molar-refractivity contribution in [3.63, 3.8) is 0 Å². The average Bonchev–Trinajstić information content (AvgIpc) is 2.64. The van der Waals surface area contributed by atoms with Gasteiger partial charge in [-0.15, -0.1) is 0 Å². The summed E-state index contributed by atoms with van der Waals surface area (Å²) in [5, 5.41) is 3.20. The Morgan fingerprint density at radius 2 is 1.37 bits per heavy atom. The topological polar surface area (TPSA) is 75.3 Å². The van der Waals surface area contributed by atoms with Gasteiger partial charge in [0.1, 0.15) is 5.82 Å². The molecule has 138 valence electrons. The molecule has 0 aliphatic carbocycles. The maximum absolute atomic E-state index is 12.9. The predicted octanol–water partition coefficient (Wildman–Crippen LogP) is 4.53. The Morgan fingerprint density at radius 3 is 1.96 bits per heavy atom. The van der Waals surface area contributed by atoms with Crippen LogP contribution in [-0.2, 0) is 10.0 Å². The summed E-state index contributed by atoms with van der Waals surface area (Å²) >= 11 is 5.79. The number of rotatable bonds is 5. The van der Waals surface area contributed by atoms with Gasteiger partial charge in [0, 0.05) is 22.0 Å². The molecule has 27 heavy (non-hydrogen) atoms. The molecule has 8 heteroatoms. The second-order valence-corrected chi connectivity index (χ2v) is 7.72. The second kappa shape index (κ2) is 7.77. The summed E-state index contributed by atoms with van der Waals surface area (Å²) in [6, 6.07) is 17.0. The molecule has 0 spiro atoms. The monoisotopic (exact) mass is 404 g/mol. The number of halogens is 2. The van der Waals surface area contributed by atoms with Gasteiger partial charge >= 0.3 is 0 Å². The van der Waals surface area contributed by atoms with Gasteiger partial charge in [-0.1, -0.05) is 11.6 Å². The third kappa shape index (κ3) is 4.84. The zero-order chi connectivity index (χ0) is 19.4. The molecule has 1 amide bonds. The fraction of sp³-hybridized carbons (Fsp3) is 0. The molecule has 3 aromatic rings. The average molecular weight is 405 g/mol. The van der Waals surface area contributed by atoms with E-state index in [1.807, 2.05) is 0 Å². The first-order chi connectivity index (χ1) is 12.8. The number of anilines is 2. The third-order valence-corrected chi connectivity index (χ3v) is 5.27. The van der Waals surface area contributed by atoms with Crippen molar-refractivity contribution >= 4 is 38.9 Å².